The van der Waals surface area contributed by atoms with Crippen LogP contribution >= 0.6 is 0 Å². The number of carbonyl (C=O) groups excluding carboxylic acids is 1. The van der Waals surface area contributed by atoms with Gasteiger partial charge in [-0.2, -0.15) is 0 Å². The van der Waals surface area contributed by atoms with Crippen molar-refractivity contribution in [1.29, 1.82) is 0 Å². The van der Waals surface area contributed by atoms with Crippen LogP contribution in [-0.2, 0) is 9.53 Å². The molecule has 1 atom stereocenters. The van der Waals surface area contributed by atoms with Gasteiger partial charge in [-0.1, -0.05) is 35.9 Å². The van der Waals surface area contributed by atoms with E-state index in [0.717, 1.165) is 30.8 Å². The predicted molar refractivity (Wildman–Crippen MR) is 61.9 cm³/mol. The number of Topliss-reactive ketones (excluding diaryl/α,β-unsaturated/α-hetero) is 1. The van der Waals surface area contributed by atoms with Crippen LogP contribution < -0.4 is 0 Å². The average molecular weight is 214 g/mol. The third-order valence-electron chi connectivity index (χ3n) is 3.42. The van der Waals surface area contributed by atoms with Gasteiger partial charge in [0, 0.05) is 17.9 Å². The molecule has 0 amide bonds. The van der Waals surface area contributed by atoms with Crippen LogP contribution in [0, 0.1) is 5.92 Å². The van der Waals surface area contributed by atoms with Crippen molar-refractivity contribution < 1.29 is 9.53 Å². The van der Waals surface area contributed by atoms with E-state index in [2.05, 4.69) is 0 Å². The minimum absolute atomic E-state index is 0.289. The molecule has 1 heterocycles. The Bertz CT molecular complexity index is 445. The Kier molecular flexibility index (Phi) is 2.37. The number of ketones is 1. The second-order valence-corrected chi connectivity index (χ2v) is 4.42. The SMILES string of the molecule is O=C1C[C@H]2COCCC2=C1c1ccccc1. The van der Waals surface area contributed by atoms with Crippen molar-refractivity contribution in [2.24, 2.45) is 5.92 Å². The highest BCUT2D eigenvalue weighted by atomic mass is 16.5. The van der Waals surface area contributed by atoms with Crippen LogP contribution in [0.15, 0.2) is 35.9 Å². The van der Waals surface area contributed by atoms with Gasteiger partial charge in [0.2, 0.25) is 0 Å². The third-order valence-corrected chi connectivity index (χ3v) is 3.42. The molecule has 2 heteroatoms. The number of fused-ring (bicyclic) bond motifs is 1. The summed E-state index contributed by atoms with van der Waals surface area (Å²) in [6.07, 6.45) is 1.56. The van der Waals surface area contributed by atoms with Gasteiger partial charge in [-0.15, -0.1) is 0 Å². The zero-order chi connectivity index (χ0) is 11.0. The van der Waals surface area contributed by atoms with Gasteiger partial charge in [-0.05, 0) is 12.0 Å². The first-order valence-corrected chi connectivity index (χ1v) is 5.75. The first-order chi connectivity index (χ1) is 7.86. The maximum Gasteiger partial charge on any atom is 0.164 e. The summed E-state index contributed by atoms with van der Waals surface area (Å²) in [7, 11) is 0. The molecule has 1 aliphatic heterocycles. The number of ether oxygens (including phenoxy) is 1. The van der Waals surface area contributed by atoms with Crippen LogP contribution in [0.3, 0.4) is 0 Å². The van der Waals surface area contributed by atoms with Gasteiger partial charge in [0.1, 0.15) is 0 Å². The molecule has 0 bridgehead atoms. The largest absolute Gasteiger partial charge is 0.380 e. The van der Waals surface area contributed by atoms with E-state index in [1.54, 1.807) is 0 Å². The lowest BCUT2D eigenvalue weighted by molar-refractivity contribution is -0.114. The topological polar surface area (TPSA) is 26.3 Å². The summed E-state index contributed by atoms with van der Waals surface area (Å²) < 4.78 is 5.43. The normalized spacial score (nSPS) is 24.8. The van der Waals surface area contributed by atoms with Crippen molar-refractivity contribution in [3.8, 4) is 0 Å². The molecule has 0 radical (unpaired) electrons. The summed E-state index contributed by atoms with van der Waals surface area (Å²) in [5.74, 6) is 0.633. The number of carbonyl (C=O) groups is 1. The zero-order valence-corrected chi connectivity index (χ0v) is 9.11. The van der Waals surface area contributed by atoms with Gasteiger partial charge in [-0.25, -0.2) is 0 Å². The Morgan fingerprint density at radius 1 is 1.19 bits per heavy atom. The molecule has 1 aliphatic carbocycles. The monoisotopic (exact) mass is 214 g/mol. The second kappa shape index (κ2) is 3.87. The lowest BCUT2D eigenvalue weighted by Gasteiger charge is -2.21. The van der Waals surface area contributed by atoms with E-state index < -0.39 is 0 Å². The Labute approximate surface area is 94.9 Å². The van der Waals surface area contributed by atoms with E-state index in [9.17, 15) is 4.79 Å². The van der Waals surface area contributed by atoms with Gasteiger partial charge in [0.25, 0.3) is 0 Å². The lowest BCUT2D eigenvalue weighted by atomic mass is 9.94. The predicted octanol–water partition coefficient (Wildman–Crippen LogP) is 2.45. The molecule has 1 fully saturated rings. The zero-order valence-electron chi connectivity index (χ0n) is 9.11. The maximum absolute atomic E-state index is 12.0. The standard InChI is InChI=1S/C14H14O2/c15-13-8-11-9-16-7-6-12(11)14(13)10-4-2-1-3-5-10/h1-5,11H,6-9H2/t11-/m0/s1. The molecule has 2 nitrogen and oxygen atoms in total. The summed E-state index contributed by atoms with van der Waals surface area (Å²) in [6.45, 7) is 1.48. The fourth-order valence-corrected chi connectivity index (χ4v) is 2.68. The average Bonchev–Trinajstić information content (AvgIpc) is 2.66. The number of hydrogen-bond acceptors (Lipinski definition) is 2. The van der Waals surface area contributed by atoms with E-state index >= 15 is 0 Å². The minimum Gasteiger partial charge on any atom is -0.380 e. The Balaban J connectivity index is 2.07. The summed E-state index contributed by atoms with van der Waals surface area (Å²) in [5.41, 5.74) is 3.36. The minimum atomic E-state index is 0.289. The highest BCUT2D eigenvalue weighted by Crippen LogP contribution is 2.39. The first kappa shape index (κ1) is 9.79. The molecule has 1 aromatic carbocycles. The Hall–Kier alpha value is -1.41. The molecular weight excluding hydrogens is 200 g/mol. The van der Waals surface area contributed by atoms with Crippen molar-refractivity contribution in [2.45, 2.75) is 12.8 Å². The maximum atomic E-state index is 12.0. The van der Waals surface area contributed by atoms with Crippen LogP contribution in [0.1, 0.15) is 18.4 Å². The highest BCUT2D eigenvalue weighted by molar-refractivity contribution is 6.24. The molecule has 3 rings (SSSR count). The van der Waals surface area contributed by atoms with Crippen LogP contribution in [0.2, 0.25) is 0 Å². The van der Waals surface area contributed by atoms with E-state index in [4.69, 9.17) is 4.74 Å². The molecule has 1 aromatic rings. The number of rotatable bonds is 1. The summed E-state index contributed by atoms with van der Waals surface area (Å²) in [4.78, 5) is 12.0. The number of allylic oxidation sites excluding steroid dienone is 1. The van der Waals surface area contributed by atoms with Crippen molar-refractivity contribution >= 4 is 11.4 Å². The molecule has 1 saturated heterocycles. The van der Waals surface area contributed by atoms with Crippen molar-refractivity contribution in [3.63, 3.8) is 0 Å². The highest BCUT2D eigenvalue weighted by Gasteiger charge is 2.34. The quantitative estimate of drug-likeness (QED) is 0.717. The molecular formula is C14H14O2. The van der Waals surface area contributed by atoms with Crippen LogP contribution in [0.5, 0.6) is 0 Å². The molecule has 0 spiro atoms. The third kappa shape index (κ3) is 1.50. The molecule has 0 saturated carbocycles. The number of benzene rings is 1. The smallest absolute Gasteiger partial charge is 0.164 e. The summed E-state index contributed by atoms with van der Waals surface area (Å²) >= 11 is 0. The van der Waals surface area contributed by atoms with Gasteiger partial charge >= 0.3 is 0 Å². The first-order valence-electron chi connectivity index (χ1n) is 5.75. The van der Waals surface area contributed by atoms with Gasteiger partial charge in [-0.3, -0.25) is 4.79 Å². The van der Waals surface area contributed by atoms with Gasteiger partial charge in [0.05, 0.1) is 13.2 Å². The molecule has 0 N–H and O–H groups in total. The molecule has 82 valence electrons. The van der Waals surface area contributed by atoms with Crippen LogP contribution in [0.25, 0.3) is 5.57 Å². The van der Waals surface area contributed by atoms with E-state index in [0.29, 0.717) is 12.3 Å². The Morgan fingerprint density at radius 3 is 2.81 bits per heavy atom. The van der Waals surface area contributed by atoms with Crippen molar-refractivity contribution in [3.05, 3.63) is 41.5 Å². The van der Waals surface area contributed by atoms with Crippen molar-refractivity contribution in [1.82, 2.24) is 0 Å². The summed E-state index contributed by atoms with van der Waals surface area (Å²) in [5, 5.41) is 0. The summed E-state index contributed by atoms with van der Waals surface area (Å²) in [6, 6.07) is 10.0. The van der Waals surface area contributed by atoms with E-state index in [1.165, 1.54) is 5.57 Å². The Morgan fingerprint density at radius 2 is 2.00 bits per heavy atom. The van der Waals surface area contributed by atoms with Crippen LogP contribution in [-0.4, -0.2) is 19.0 Å². The van der Waals surface area contributed by atoms with E-state index in [1.807, 2.05) is 30.3 Å². The molecule has 0 unspecified atom stereocenters. The lowest BCUT2D eigenvalue weighted by Crippen LogP contribution is -2.17. The molecule has 2 aliphatic rings. The second-order valence-electron chi connectivity index (χ2n) is 4.42. The van der Waals surface area contributed by atoms with Gasteiger partial charge < -0.3 is 4.74 Å². The van der Waals surface area contributed by atoms with Gasteiger partial charge in [0.15, 0.2) is 5.78 Å². The number of hydrogen-bond donors (Lipinski definition) is 0. The fourth-order valence-electron chi connectivity index (χ4n) is 2.68. The van der Waals surface area contributed by atoms with Crippen molar-refractivity contribution in [2.75, 3.05) is 13.2 Å². The van der Waals surface area contributed by atoms with E-state index in [-0.39, 0.29) is 5.78 Å². The van der Waals surface area contributed by atoms with Crippen LogP contribution in [0.4, 0.5) is 0 Å². The molecule has 0 aromatic heterocycles. The fraction of sp³-hybridized carbons (Fsp3) is 0.357. The molecule has 16 heavy (non-hydrogen) atoms.